The molecule has 0 spiro atoms. The summed E-state index contributed by atoms with van der Waals surface area (Å²) in [5.41, 5.74) is 0.0801. The number of ether oxygens (including phenoxy) is 2. The molecule has 0 radical (unpaired) electrons. The first-order chi connectivity index (χ1) is 11.5. The Morgan fingerprint density at radius 2 is 1.42 bits per heavy atom. The van der Waals surface area contributed by atoms with Gasteiger partial charge < -0.3 is 19.3 Å². The van der Waals surface area contributed by atoms with Crippen molar-refractivity contribution in [1.29, 1.82) is 0 Å². The number of carbonyl (C=O) groups is 2. The van der Waals surface area contributed by atoms with Gasteiger partial charge in [0.15, 0.2) is 0 Å². The second-order valence-corrected chi connectivity index (χ2v) is 5.81. The second kappa shape index (κ2) is 10.1. The third-order valence-corrected chi connectivity index (χ3v) is 4.06. The third-order valence-electron chi connectivity index (χ3n) is 3.69. The van der Waals surface area contributed by atoms with E-state index < -0.39 is 11.9 Å². The number of rotatable bonds is 9. The van der Waals surface area contributed by atoms with Crippen molar-refractivity contribution in [1.82, 2.24) is 9.80 Å². The van der Waals surface area contributed by atoms with E-state index in [0.717, 1.165) is 38.8 Å². The van der Waals surface area contributed by atoms with E-state index in [1.165, 1.54) is 14.2 Å². The highest BCUT2D eigenvalue weighted by atomic mass is 32.1. The molecular formula is C17H26N2O4S. The summed E-state index contributed by atoms with van der Waals surface area (Å²) in [7, 11) is 2.52. The molecule has 0 fully saturated rings. The molecule has 0 amide bonds. The largest absolute Gasteiger partial charge is 0.465 e. The fourth-order valence-electron chi connectivity index (χ4n) is 2.35. The molecule has 0 aliphatic carbocycles. The molecule has 0 atom stereocenters. The quantitative estimate of drug-likeness (QED) is 0.358. The molecule has 0 saturated heterocycles. The monoisotopic (exact) mass is 354 g/mol. The minimum Gasteiger partial charge on any atom is -0.465 e. The Balaban J connectivity index is 3.34. The van der Waals surface area contributed by atoms with Gasteiger partial charge in [-0.05, 0) is 12.8 Å². The molecule has 0 saturated carbocycles. The van der Waals surface area contributed by atoms with Gasteiger partial charge in [0.2, 0.25) is 0 Å². The molecule has 134 valence electrons. The normalized spacial score (nSPS) is 13.2. The molecule has 24 heavy (non-hydrogen) atoms. The van der Waals surface area contributed by atoms with E-state index in [4.69, 9.17) is 21.7 Å². The van der Waals surface area contributed by atoms with Crippen LogP contribution in [0.5, 0.6) is 0 Å². The van der Waals surface area contributed by atoms with Crippen LogP contribution >= 0.6 is 12.2 Å². The van der Waals surface area contributed by atoms with Gasteiger partial charge in [-0.1, -0.05) is 38.9 Å². The molecule has 0 N–H and O–H groups in total. The predicted octanol–water partition coefficient (Wildman–Crippen LogP) is 2.60. The van der Waals surface area contributed by atoms with Gasteiger partial charge in [0.25, 0.3) is 0 Å². The Bertz CT molecular complexity index is 523. The summed E-state index contributed by atoms with van der Waals surface area (Å²) in [6, 6.07) is 0. The zero-order chi connectivity index (χ0) is 18.1. The highest BCUT2D eigenvalue weighted by Gasteiger charge is 2.33. The van der Waals surface area contributed by atoms with Gasteiger partial charge in [0.1, 0.15) is 16.3 Å². The fourth-order valence-corrected chi connectivity index (χ4v) is 2.61. The Kier molecular flexibility index (Phi) is 8.46. The molecule has 0 aromatic rings. The van der Waals surface area contributed by atoms with Crippen LogP contribution < -0.4 is 0 Å². The minimum atomic E-state index is -0.712. The molecule has 7 heteroatoms. The summed E-state index contributed by atoms with van der Waals surface area (Å²) in [6.45, 7) is 5.65. The number of methoxy groups -OCH3 is 2. The van der Waals surface area contributed by atoms with Crippen molar-refractivity contribution >= 4 is 29.0 Å². The molecule has 1 aliphatic rings. The maximum atomic E-state index is 12.3. The molecule has 1 aliphatic heterocycles. The van der Waals surface area contributed by atoms with Gasteiger partial charge in [-0.3, -0.25) is 0 Å². The van der Waals surface area contributed by atoms with Gasteiger partial charge in [0, 0.05) is 25.5 Å². The number of carbonyl (C=O) groups excluding carboxylic acids is 2. The average molecular weight is 354 g/mol. The van der Waals surface area contributed by atoms with Gasteiger partial charge in [-0.15, -0.1) is 0 Å². The molecule has 1 heterocycles. The molecule has 0 unspecified atom stereocenters. The second-order valence-electron chi connectivity index (χ2n) is 5.40. The lowest BCUT2D eigenvalue weighted by molar-refractivity contribution is -0.137. The van der Waals surface area contributed by atoms with Crippen molar-refractivity contribution in [3.8, 4) is 0 Å². The molecule has 0 aromatic carbocycles. The van der Waals surface area contributed by atoms with Crippen molar-refractivity contribution in [2.24, 2.45) is 0 Å². The lowest BCUT2D eigenvalue weighted by Crippen LogP contribution is -2.33. The number of hydrogen-bond acceptors (Lipinski definition) is 7. The maximum absolute atomic E-state index is 12.3. The Hall–Kier alpha value is -1.89. The first-order valence-electron chi connectivity index (χ1n) is 8.18. The van der Waals surface area contributed by atoms with Gasteiger partial charge in [-0.2, -0.15) is 0 Å². The van der Waals surface area contributed by atoms with Crippen molar-refractivity contribution in [3.05, 3.63) is 23.8 Å². The molecule has 6 nitrogen and oxygen atoms in total. The van der Waals surface area contributed by atoms with Crippen LogP contribution in [0.3, 0.4) is 0 Å². The summed E-state index contributed by atoms with van der Waals surface area (Å²) in [6.07, 6.45) is 7.75. The van der Waals surface area contributed by atoms with Crippen molar-refractivity contribution < 1.29 is 19.1 Å². The summed E-state index contributed by atoms with van der Waals surface area (Å²) in [5.74, 6) is -0.748. The number of nitrogens with zero attached hydrogens (tertiary/aromatic N) is 2. The Morgan fingerprint density at radius 3 is 1.79 bits per heavy atom. The van der Waals surface area contributed by atoms with Crippen LogP contribution in [0.4, 0.5) is 0 Å². The van der Waals surface area contributed by atoms with Crippen molar-refractivity contribution in [3.63, 3.8) is 0 Å². The van der Waals surface area contributed by atoms with Crippen LogP contribution in [0.25, 0.3) is 0 Å². The van der Waals surface area contributed by atoms with Gasteiger partial charge >= 0.3 is 11.9 Å². The molecule has 1 rings (SSSR count). The van der Waals surface area contributed by atoms with Crippen LogP contribution in [0.1, 0.15) is 39.5 Å². The summed E-state index contributed by atoms with van der Waals surface area (Å²) >= 11 is 5.19. The third kappa shape index (κ3) is 4.80. The van der Waals surface area contributed by atoms with Crippen LogP contribution in [-0.2, 0) is 19.1 Å². The molecule has 0 bridgehead atoms. The van der Waals surface area contributed by atoms with Gasteiger partial charge in [0.05, 0.1) is 14.2 Å². The van der Waals surface area contributed by atoms with Crippen LogP contribution in [-0.4, -0.2) is 53.9 Å². The first kappa shape index (κ1) is 20.2. The lowest BCUT2D eigenvalue weighted by atomic mass is 10.1. The smallest absolute Gasteiger partial charge is 0.349 e. The minimum absolute atomic E-state index is 0.0801. The fraction of sp³-hybridized carbons (Fsp3) is 0.588. The zero-order valence-electron chi connectivity index (χ0n) is 14.8. The average Bonchev–Trinajstić information content (AvgIpc) is 2.99. The zero-order valence-corrected chi connectivity index (χ0v) is 15.6. The number of esters is 2. The lowest BCUT2D eigenvalue weighted by Gasteiger charge is -2.27. The Morgan fingerprint density at radius 1 is 0.958 bits per heavy atom. The van der Waals surface area contributed by atoms with Crippen molar-refractivity contribution in [2.75, 3.05) is 27.3 Å². The highest BCUT2D eigenvalue weighted by Crippen LogP contribution is 2.26. The topological polar surface area (TPSA) is 59.1 Å². The summed E-state index contributed by atoms with van der Waals surface area (Å²) in [4.78, 5) is 28.0. The van der Waals surface area contributed by atoms with E-state index >= 15 is 0 Å². The summed E-state index contributed by atoms with van der Waals surface area (Å²) in [5, 5.41) is 0. The predicted molar refractivity (Wildman–Crippen MR) is 96.0 cm³/mol. The Labute approximate surface area is 149 Å². The number of unbranched alkanes of at least 4 members (excludes halogenated alkanes) is 2. The number of thiocarbonyl (C=S) groups is 1. The van der Waals surface area contributed by atoms with Gasteiger partial charge in [-0.25, -0.2) is 9.59 Å². The van der Waals surface area contributed by atoms with E-state index in [9.17, 15) is 9.59 Å². The number of hydrogen-bond donors (Lipinski definition) is 0. The SMILES string of the molecule is CCCCN1C=CN(CCCC)C1=C(C(=O)OC)C(=S)C(=O)OC. The van der Waals surface area contributed by atoms with E-state index in [1.54, 1.807) is 0 Å². The standard InChI is InChI=1S/C17H26N2O4S/c1-5-7-9-18-11-12-19(10-8-6-2)15(18)13(16(20)22-3)14(24)17(21)23-4/h11-12H,5-10H2,1-4H3. The van der Waals surface area contributed by atoms with Crippen LogP contribution in [0.15, 0.2) is 23.8 Å². The van der Waals surface area contributed by atoms with Crippen LogP contribution in [0, 0.1) is 0 Å². The van der Waals surface area contributed by atoms with E-state index in [2.05, 4.69) is 13.8 Å². The first-order valence-corrected chi connectivity index (χ1v) is 8.59. The molecule has 0 aromatic heterocycles. The summed E-state index contributed by atoms with van der Waals surface area (Å²) < 4.78 is 9.57. The highest BCUT2D eigenvalue weighted by molar-refractivity contribution is 7.82. The van der Waals surface area contributed by atoms with E-state index in [-0.39, 0.29) is 10.4 Å². The van der Waals surface area contributed by atoms with Crippen molar-refractivity contribution in [2.45, 2.75) is 39.5 Å². The van der Waals surface area contributed by atoms with E-state index in [1.807, 2.05) is 22.2 Å². The maximum Gasteiger partial charge on any atom is 0.349 e. The molecular weight excluding hydrogens is 328 g/mol. The van der Waals surface area contributed by atoms with Crippen LogP contribution in [0.2, 0.25) is 0 Å². The van der Waals surface area contributed by atoms with E-state index in [0.29, 0.717) is 5.82 Å².